The molecule has 5 nitrogen and oxygen atoms in total. The van der Waals surface area contributed by atoms with Crippen molar-refractivity contribution >= 4 is 5.69 Å². The molecule has 4 aromatic rings. The monoisotopic (exact) mass is 341 g/mol. The first-order valence-electron chi connectivity index (χ1n) is 8.18. The van der Waals surface area contributed by atoms with E-state index in [9.17, 15) is 10.1 Å². The second-order valence-electron chi connectivity index (χ2n) is 5.85. The number of aromatic nitrogens is 2. The molecule has 4 rings (SSSR count). The van der Waals surface area contributed by atoms with Crippen molar-refractivity contribution in [3.63, 3.8) is 0 Å². The number of nitrogens with one attached hydrogen (secondary N) is 1. The Labute approximate surface area is 150 Å². The van der Waals surface area contributed by atoms with Crippen LogP contribution >= 0.6 is 0 Å². The van der Waals surface area contributed by atoms with Crippen molar-refractivity contribution in [3.05, 3.63) is 95.0 Å². The third-order valence-corrected chi connectivity index (χ3v) is 4.14. The van der Waals surface area contributed by atoms with Gasteiger partial charge >= 0.3 is 0 Å². The second-order valence-corrected chi connectivity index (χ2v) is 5.85. The van der Waals surface area contributed by atoms with Gasteiger partial charge in [0.05, 0.1) is 16.3 Å². The molecule has 0 unspecified atom stereocenters. The lowest BCUT2D eigenvalue weighted by Crippen LogP contribution is -1.88. The van der Waals surface area contributed by atoms with Gasteiger partial charge in [0, 0.05) is 28.8 Å². The molecule has 1 heterocycles. The summed E-state index contributed by atoms with van der Waals surface area (Å²) in [6.07, 6.45) is 0. The summed E-state index contributed by atoms with van der Waals surface area (Å²) in [7, 11) is 0. The quantitative estimate of drug-likeness (QED) is 0.403. The number of nitro benzene ring substituents is 1. The molecule has 0 saturated heterocycles. The van der Waals surface area contributed by atoms with E-state index in [1.807, 2.05) is 66.7 Å². The topological polar surface area (TPSA) is 71.8 Å². The highest BCUT2D eigenvalue weighted by Crippen LogP contribution is 2.33. The van der Waals surface area contributed by atoms with Crippen LogP contribution in [0.5, 0.6) is 0 Å². The highest BCUT2D eigenvalue weighted by Gasteiger charge is 2.16. The Bertz CT molecular complexity index is 1000. The number of aromatic amines is 1. The first-order valence-corrected chi connectivity index (χ1v) is 8.18. The van der Waals surface area contributed by atoms with E-state index < -0.39 is 4.92 Å². The van der Waals surface area contributed by atoms with Crippen molar-refractivity contribution in [2.45, 2.75) is 0 Å². The van der Waals surface area contributed by atoms with E-state index in [-0.39, 0.29) is 5.69 Å². The van der Waals surface area contributed by atoms with Crippen LogP contribution in [0.2, 0.25) is 0 Å². The van der Waals surface area contributed by atoms with Gasteiger partial charge in [-0.05, 0) is 0 Å². The van der Waals surface area contributed by atoms with E-state index in [4.69, 9.17) is 4.98 Å². The molecule has 26 heavy (non-hydrogen) atoms. The summed E-state index contributed by atoms with van der Waals surface area (Å²) in [6, 6.07) is 26.3. The Balaban J connectivity index is 1.89. The number of nitrogens with zero attached hydrogens (tertiary/aromatic N) is 2. The molecule has 0 aliphatic carbocycles. The van der Waals surface area contributed by atoms with Crippen LogP contribution in [0.25, 0.3) is 33.9 Å². The molecule has 3 aromatic carbocycles. The zero-order valence-electron chi connectivity index (χ0n) is 13.8. The summed E-state index contributed by atoms with van der Waals surface area (Å²) in [6.45, 7) is 0. The maximum absolute atomic E-state index is 11.1. The average molecular weight is 341 g/mol. The van der Waals surface area contributed by atoms with Crippen molar-refractivity contribution in [2.24, 2.45) is 0 Å². The lowest BCUT2D eigenvalue weighted by Gasteiger charge is -2.02. The first kappa shape index (κ1) is 15.8. The number of rotatable bonds is 4. The summed E-state index contributed by atoms with van der Waals surface area (Å²) in [5, 5.41) is 11.1. The molecule has 0 bridgehead atoms. The normalized spacial score (nSPS) is 10.6. The van der Waals surface area contributed by atoms with E-state index >= 15 is 0 Å². The predicted molar refractivity (Wildman–Crippen MR) is 102 cm³/mol. The molecule has 0 aliphatic heterocycles. The van der Waals surface area contributed by atoms with Gasteiger partial charge in [-0.15, -0.1) is 0 Å². The van der Waals surface area contributed by atoms with Crippen LogP contribution in [0.4, 0.5) is 5.69 Å². The first-order chi connectivity index (χ1) is 12.7. The summed E-state index contributed by atoms with van der Waals surface area (Å²) >= 11 is 0. The molecule has 0 amide bonds. The van der Waals surface area contributed by atoms with Gasteiger partial charge in [-0.3, -0.25) is 10.1 Å². The molecule has 0 radical (unpaired) electrons. The molecular formula is C21H15N3O2. The van der Waals surface area contributed by atoms with E-state index in [0.29, 0.717) is 11.4 Å². The van der Waals surface area contributed by atoms with Gasteiger partial charge in [-0.25, -0.2) is 4.98 Å². The Morgan fingerprint density at radius 1 is 0.769 bits per heavy atom. The highest BCUT2D eigenvalue weighted by molar-refractivity contribution is 5.81. The molecule has 1 N–H and O–H groups in total. The minimum atomic E-state index is -0.400. The molecule has 1 aromatic heterocycles. The Morgan fingerprint density at radius 2 is 1.38 bits per heavy atom. The number of H-pyrrole nitrogens is 1. The summed E-state index contributed by atoms with van der Waals surface area (Å²) in [5.74, 6) is 0.603. The van der Waals surface area contributed by atoms with Gasteiger partial charge in [0.15, 0.2) is 0 Å². The van der Waals surface area contributed by atoms with E-state index in [1.165, 1.54) is 12.1 Å². The zero-order chi connectivity index (χ0) is 17.9. The third kappa shape index (κ3) is 2.98. The molecule has 126 valence electrons. The number of imidazole rings is 1. The fourth-order valence-corrected chi connectivity index (χ4v) is 2.90. The Hall–Kier alpha value is -3.73. The molecule has 0 saturated carbocycles. The number of nitro groups is 1. The molecule has 0 atom stereocenters. The maximum Gasteiger partial charge on any atom is 0.270 e. The summed E-state index contributed by atoms with van der Waals surface area (Å²) in [4.78, 5) is 18.8. The Kier molecular flexibility index (Phi) is 4.03. The predicted octanol–water partition coefficient (Wildman–Crippen LogP) is 5.32. The summed E-state index contributed by atoms with van der Waals surface area (Å²) < 4.78 is 0. The van der Waals surface area contributed by atoms with Crippen LogP contribution in [0.3, 0.4) is 0 Å². The van der Waals surface area contributed by atoms with E-state index in [0.717, 1.165) is 22.5 Å². The lowest BCUT2D eigenvalue weighted by molar-refractivity contribution is -0.384. The summed E-state index contributed by atoms with van der Waals surface area (Å²) in [5.41, 5.74) is 4.42. The van der Waals surface area contributed by atoms with Crippen LogP contribution in [0.15, 0.2) is 84.9 Å². The average Bonchev–Trinajstić information content (AvgIpc) is 3.15. The van der Waals surface area contributed by atoms with Gasteiger partial charge in [-0.2, -0.15) is 0 Å². The maximum atomic E-state index is 11.1. The van der Waals surface area contributed by atoms with Crippen LogP contribution < -0.4 is 0 Å². The largest absolute Gasteiger partial charge is 0.337 e. The number of hydrogen-bond acceptors (Lipinski definition) is 3. The molecule has 0 aliphatic rings. The van der Waals surface area contributed by atoms with Crippen molar-refractivity contribution < 1.29 is 4.92 Å². The van der Waals surface area contributed by atoms with Crippen LogP contribution in [0, 0.1) is 10.1 Å². The molecule has 5 heteroatoms. The van der Waals surface area contributed by atoms with Gasteiger partial charge < -0.3 is 4.98 Å². The molecular weight excluding hydrogens is 326 g/mol. The van der Waals surface area contributed by atoms with Gasteiger partial charge in [0.25, 0.3) is 5.69 Å². The fraction of sp³-hybridized carbons (Fsp3) is 0. The van der Waals surface area contributed by atoms with Gasteiger partial charge in [-0.1, -0.05) is 72.8 Å². The SMILES string of the molecule is O=[N+]([O-])c1cccc(-c2nc(-c3ccccc3)c(-c3ccccc3)[nH]2)c1. The second kappa shape index (κ2) is 6.64. The van der Waals surface area contributed by atoms with Gasteiger partial charge in [0.1, 0.15) is 5.82 Å². The van der Waals surface area contributed by atoms with Crippen LogP contribution in [-0.4, -0.2) is 14.9 Å². The smallest absolute Gasteiger partial charge is 0.270 e. The number of benzene rings is 3. The fourth-order valence-electron chi connectivity index (χ4n) is 2.90. The minimum absolute atomic E-state index is 0.0430. The van der Waals surface area contributed by atoms with Crippen molar-refractivity contribution in [1.82, 2.24) is 9.97 Å². The Morgan fingerprint density at radius 3 is 2.04 bits per heavy atom. The standard InChI is InChI=1S/C21H15N3O2/c25-24(26)18-13-7-12-17(14-18)21-22-19(15-8-3-1-4-9-15)20(23-21)16-10-5-2-6-11-16/h1-14H,(H,22,23). The number of hydrogen-bond donors (Lipinski definition) is 1. The third-order valence-electron chi connectivity index (χ3n) is 4.14. The van der Waals surface area contributed by atoms with Crippen molar-refractivity contribution in [3.8, 4) is 33.9 Å². The lowest BCUT2D eigenvalue weighted by atomic mass is 10.1. The van der Waals surface area contributed by atoms with Gasteiger partial charge in [0.2, 0.25) is 0 Å². The number of non-ortho nitro benzene ring substituents is 1. The van der Waals surface area contributed by atoms with Crippen LogP contribution in [-0.2, 0) is 0 Å². The van der Waals surface area contributed by atoms with Crippen molar-refractivity contribution in [1.29, 1.82) is 0 Å². The molecule has 0 fully saturated rings. The highest BCUT2D eigenvalue weighted by atomic mass is 16.6. The van der Waals surface area contributed by atoms with Crippen LogP contribution in [0.1, 0.15) is 0 Å². The minimum Gasteiger partial charge on any atom is -0.337 e. The van der Waals surface area contributed by atoms with Crippen molar-refractivity contribution in [2.75, 3.05) is 0 Å². The zero-order valence-corrected chi connectivity index (χ0v) is 13.8. The van der Waals surface area contributed by atoms with E-state index in [2.05, 4.69) is 4.98 Å². The molecule has 0 spiro atoms. The van der Waals surface area contributed by atoms with E-state index in [1.54, 1.807) is 6.07 Å².